The summed E-state index contributed by atoms with van der Waals surface area (Å²) in [5.74, 6) is 0.0714. The van der Waals surface area contributed by atoms with Gasteiger partial charge in [0, 0.05) is 34.9 Å². The lowest BCUT2D eigenvalue weighted by Gasteiger charge is -2.40. The molecular weight excluding hydrogens is 274 g/mol. The van der Waals surface area contributed by atoms with E-state index < -0.39 is 0 Å². The fraction of sp³-hybridized carbons (Fsp3) is 0.474. The highest BCUT2D eigenvalue weighted by Crippen LogP contribution is 2.46. The predicted molar refractivity (Wildman–Crippen MR) is 86.9 cm³/mol. The van der Waals surface area contributed by atoms with Crippen molar-refractivity contribution in [1.82, 2.24) is 5.32 Å². The van der Waals surface area contributed by atoms with Gasteiger partial charge in [-0.05, 0) is 32.1 Å². The fourth-order valence-corrected chi connectivity index (χ4v) is 3.95. The SMILES string of the molecule is CC(=O)C1=C(C)NC2=C(C(=O)CC(C)(C)C2)C1C1=CC=CC1. The van der Waals surface area contributed by atoms with E-state index in [2.05, 4.69) is 31.3 Å². The topological polar surface area (TPSA) is 46.2 Å². The Kier molecular flexibility index (Phi) is 3.47. The first-order chi connectivity index (χ1) is 10.3. The molecule has 2 aliphatic carbocycles. The molecule has 0 saturated carbocycles. The zero-order chi connectivity index (χ0) is 16.1. The molecule has 0 fully saturated rings. The van der Waals surface area contributed by atoms with E-state index in [1.807, 2.05) is 13.0 Å². The Morgan fingerprint density at radius 3 is 2.64 bits per heavy atom. The molecule has 0 amide bonds. The maximum atomic E-state index is 12.8. The average molecular weight is 297 g/mol. The molecule has 1 unspecified atom stereocenters. The van der Waals surface area contributed by atoms with Crippen molar-refractivity contribution in [3.8, 4) is 0 Å². The van der Waals surface area contributed by atoms with E-state index in [1.54, 1.807) is 6.92 Å². The van der Waals surface area contributed by atoms with E-state index in [1.165, 1.54) is 0 Å². The first-order valence-electron chi connectivity index (χ1n) is 7.91. The zero-order valence-electron chi connectivity index (χ0n) is 13.7. The predicted octanol–water partition coefficient (Wildman–Crippen LogP) is 3.60. The van der Waals surface area contributed by atoms with Crippen molar-refractivity contribution in [3.63, 3.8) is 0 Å². The molecule has 1 atom stereocenters. The molecule has 0 bridgehead atoms. The highest BCUT2D eigenvalue weighted by atomic mass is 16.1. The van der Waals surface area contributed by atoms with E-state index in [-0.39, 0.29) is 22.9 Å². The van der Waals surface area contributed by atoms with Crippen LogP contribution in [0.5, 0.6) is 0 Å². The number of hydrogen-bond donors (Lipinski definition) is 1. The third kappa shape index (κ3) is 2.39. The number of rotatable bonds is 2. The lowest BCUT2D eigenvalue weighted by molar-refractivity contribution is -0.118. The summed E-state index contributed by atoms with van der Waals surface area (Å²) in [5.41, 5.74) is 4.62. The van der Waals surface area contributed by atoms with E-state index in [0.29, 0.717) is 6.42 Å². The molecule has 116 valence electrons. The van der Waals surface area contributed by atoms with Crippen LogP contribution in [-0.2, 0) is 9.59 Å². The van der Waals surface area contributed by atoms with Gasteiger partial charge in [-0.2, -0.15) is 0 Å². The van der Waals surface area contributed by atoms with Crippen LogP contribution in [0.2, 0.25) is 0 Å². The minimum absolute atomic E-state index is 0.0240. The smallest absolute Gasteiger partial charge is 0.162 e. The van der Waals surface area contributed by atoms with Gasteiger partial charge in [-0.25, -0.2) is 0 Å². The van der Waals surface area contributed by atoms with Crippen LogP contribution in [0.1, 0.15) is 47.0 Å². The van der Waals surface area contributed by atoms with Crippen LogP contribution in [0, 0.1) is 11.3 Å². The van der Waals surface area contributed by atoms with Gasteiger partial charge in [0.1, 0.15) is 0 Å². The van der Waals surface area contributed by atoms with Crippen LogP contribution in [0.4, 0.5) is 0 Å². The first kappa shape index (κ1) is 15.0. The van der Waals surface area contributed by atoms with Crippen molar-refractivity contribution in [1.29, 1.82) is 0 Å². The minimum atomic E-state index is -0.160. The number of hydrogen-bond acceptors (Lipinski definition) is 3. The van der Waals surface area contributed by atoms with Crippen LogP contribution in [0.25, 0.3) is 0 Å². The van der Waals surface area contributed by atoms with Crippen LogP contribution >= 0.6 is 0 Å². The molecule has 0 radical (unpaired) electrons. The van der Waals surface area contributed by atoms with Crippen molar-refractivity contribution >= 4 is 11.6 Å². The molecule has 0 aromatic carbocycles. The zero-order valence-corrected chi connectivity index (χ0v) is 13.7. The standard InChI is InChI=1S/C19H23NO2/c1-11-16(12(2)21)17(13-7-5-6-8-13)18-14(20-11)9-19(3,4)10-15(18)22/h5-7,17,20H,8-10H2,1-4H3. The lowest BCUT2D eigenvalue weighted by Crippen LogP contribution is -2.39. The third-order valence-electron chi connectivity index (χ3n) is 4.79. The number of nitrogens with one attached hydrogen (secondary N) is 1. The van der Waals surface area contributed by atoms with E-state index >= 15 is 0 Å². The molecule has 3 nitrogen and oxygen atoms in total. The van der Waals surface area contributed by atoms with Crippen LogP contribution < -0.4 is 5.32 Å². The van der Waals surface area contributed by atoms with Gasteiger partial charge in [0.25, 0.3) is 0 Å². The van der Waals surface area contributed by atoms with E-state index in [0.717, 1.165) is 41.0 Å². The van der Waals surface area contributed by atoms with Crippen LogP contribution in [0.3, 0.4) is 0 Å². The van der Waals surface area contributed by atoms with Crippen LogP contribution in [0.15, 0.2) is 46.3 Å². The summed E-state index contributed by atoms with van der Waals surface area (Å²) in [4.78, 5) is 25.0. The Morgan fingerprint density at radius 1 is 1.32 bits per heavy atom. The van der Waals surface area contributed by atoms with Gasteiger partial charge < -0.3 is 5.32 Å². The number of ketones is 2. The monoisotopic (exact) mass is 297 g/mol. The van der Waals surface area contributed by atoms with Crippen molar-refractivity contribution in [2.24, 2.45) is 11.3 Å². The normalized spacial score (nSPS) is 26.8. The molecule has 3 heteroatoms. The molecule has 1 N–H and O–H groups in total. The molecule has 0 aromatic heterocycles. The van der Waals surface area contributed by atoms with Gasteiger partial charge in [0.15, 0.2) is 11.6 Å². The molecule has 3 aliphatic rings. The van der Waals surface area contributed by atoms with Crippen molar-refractivity contribution in [2.75, 3.05) is 0 Å². The molecular formula is C19H23NO2. The summed E-state index contributed by atoms with van der Waals surface area (Å²) in [5, 5.41) is 3.36. The maximum absolute atomic E-state index is 12.8. The van der Waals surface area contributed by atoms with Gasteiger partial charge in [0.05, 0.1) is 0 Å². The second-order valence-electron chi connectivity index (χ2n) is 7.36. The molecule has 3 rings (SSSR count). The first-order valence-corrected chi connectivity index (χ1v) is 7.91. The highest BCUT2D eigenvalue weighted by molar-refractivity contribution is 6.04. The van der Waals surface area contributed by atoms with Gasteiger partial charge >= 0.3 is 0 Å². The Balaban J connectivity index is 2.14. The minimum Gasteiger partial charge on any atom is -0.362 e. The fourth-order valence-electron chi connectivity index (χ4n) is 3.95. The summed E-state index contributed by atoms with van der Waals surface area (Å²) >= 11 is 0. The second-order valence-corrected chi connectivity index (χ2v) is 7.36. The molecule has 22 heavy (non-hydrogen) atoms. The van der Waals surface area contributed by atoms with Crippen LogP contribution in [-0.4, -0.2) is 11.6 Å². The number of Topliss-reactive ketones (excluding diaryl/α,β-unsaturated/α-hetero) is 2. The largest absolute Gasteiger partial charge is 0.362 e. The number of allylic oxidation sites excluding steroid dienone is 8. The molecule has 1 aliphatic heterocycles. The van der Waals surface area contributed by atoms with Gasteiger partial charge in [0.2, 0.25) is 0 Å². The highest BCUT2D eigenvalue weighted by Gasteiger charge is 2.42. The second kappa shape index (κ2) is 5.08. The Labute approximate surface area is 131 Å². The average Bonchev–Trinajstić information content (AvgIpc) is 2.88. The summed E-state index contributed by atoms with van der Waals surface area (Å²) < 4.78 is 0. The number of carbonyl (C=O) groups is 2. The lowest BCUT2D eigenvalue weighted by atomic mass is 9.68. The Bertz CT molecular complexity index is 686. The molecule has 0 saturated heterocycles. The molecule has 1 heterocycles. The van der Waals surface area contributed by atoms with Gasteiger partial charge in [-0.3, -0.25) is 9.59 Å². The van der Waals surface area contributed by atoms with Gasteiger partial charge in [-0.15, -0.1) is 0 Å². The Hall–Kier alpha value is -1.90. The summed E-state index contributed by atoms with van der Waals surface area (Å²) in [7, 11) is 0. The molecule has 0 spiro atoms. The molecule has 0 aromatic rings. The Morgan fingerprint density at radius 2 is 2.05 bits per heavy atom. The number of dihydropyridines is 1. The number of carbonyl (C=O) groups excluding carboxylic acids is 2. The summed E-state index contributed by atoms with van der Waals surface area (Å²) in [6.07, 6.45) is 8.39. The maximum Gasteiger partial charge on any atom is 0.162 e. The van der Waals surface area contributed by atoms with E-state index in [4.69, 9.17) is 0 Å². The quantitative estimate of drug-likeness (QED) is 0.847. The van der Waals surface area contributed by atoms with Crippen molar-refractivity contribution in [3.05, 3.63) is 46.3 Å². The van der Waals surface area contributed by atoms with Crippen molar-refractivity contribution in [2.45, 2.75) is 47.0 Å². The summed E-state index contributed by atoms with van der Waals surface area (Å²) in [6.45, 7) is 7.80. The van der Waals surface area contributed by atoms with Crippen molar-refractivity contribution < 1.29 is 9.59 Å². The summed E-state index contributed by atoms with van der Waals surface area (Å²) in [6, 6.07) is 0. The van der Waals surface area contributed by atoms with Gasteiger partial charge in [-0.1, -0.05) is 37.6 Å². The third-order valence-corrected chi connectivity index (χ3v) is 4.79. The van der Waals surface area contributed by atoms with E-state index in [9.17, 15) is 9.59 Å².